The molecule has 0 spiro atoms. The van der Waals surface area contributed by atoms with Crippen LogP contribution in [0.25, 0.3) is 5.65 Å². The molecule has 9 heteroatoms. The Kier molecular flexibility index (Phi) is 4.70. The number of nitrogens with one attached hydrogen (secondary N) is 1. The Morgan fingerprint density at radius 3 is 2.96 bits per heavy atom. The third-order valence-corrected chi connectivity index (χ3v) is 4.76. The SMILES string of the molecule is CC[C@@H](NC(=O)COc1ccc2nncn2n1)c1nc(C)c(C)s1. The summed E-state index contributed by atoms with van der Waals surface area (Å²) in [6.07, 6.45) is 2.24. The van der Waals surface area contributed by atoms with Gasteiger partial charge in [0.2, 0.25) is 5.88 Å². The van der Waals surface area contributed by atoms with Crippen LogP contribution < -0.4 is 10.1 Å². The minimum Gasteiger partial charge on any atom is -0.467 e. The predicted octanol–water partition coefficient (Wildman–Crippen LogP) is 1.84. The fraction of sp³-hybridized carbons (Fsp3) is 0.400. The number of aryl methyl sites for hydroxylation is 2. The molecule has 3 aromatic heterocycles. The molecule has 1 amide bonds. The molecule has 0 fully saturated rings. The first-order chi connectivity index (χ1) is 11.6. The van der Waals surface area contributed by atoms with Crippen LogP contribution in [0.15, 0.2) is 18.5 Å². The van der Waals surface area contributed by atoms with Gasteiger partial charge in [0.25, 0.3) is 5.91 Å². The number of rotatable bonds is 6. The molecule has 0 bridgehead atoms. The summed E-state index contributed by atoms with van der Waals surface area (Å²) in [7, 11) is 0. The van der Waals surface area contributed by atoms with Gasteiger partial charge in [0.1, 0.15) is 11.3 Å². The highest BCUT2D eigenvalue weighted by atomic mass is 32.1. The smallest absolute Gasteiger partial charge is 0.258 e. The second kappa shape index (κ2) is 6.91. The topological polar surface area (TPSA) is 94.3 Å². The highest BCUT2D eigenvalue weighted by Gasteiger charge is 2.17. The van der Waals surface area contributed by atoms with Crippen LogP contribution in [0.5, 0.6) is 5.88 Å². The van der Waals surface area contributed by atoms with Crippen molar-refractivity contribution >= 4 is 22.9 Å². The Morgan fingerprint density at radius 2 is 2.25 bits per heavy atom. The molecular weight excluding hydrogens is 328 g/mol. The summed E-state index contributed by atoms with van der Waals surface area (Å²) in [5.41, 5.74) is 1.62. The highest BCUT2D eigenvalue weighted by Crippen LogP contribution is 2.24. The third kappa shape index (κ3) is 3.51. The molecule has 0 unspecified atom stereocenters. The lowest BCUT2D eigenvalue weighted by Crippen LogP contribution is -2.32. The molecule has 0 aliphatic heterocycles. The van der Waals surface area contributed by atoms with Gasteiger partial charge in [-0.05, 0) is 26.3 Å². The zero-order valence-corrected chi connectivity index (χ0v) is 14.5. The Hall–Kier alpha value is -2.55. The first kappa shape index (κ1) is 16.3. The van der Waals surface area contributed by atoms with Crippen LogP contribution in [0.2, 0.25) is 0 Å². The third-order valence-electron chi connectivity index (χ3n) is 3.57. The molecule has 3 aromatic rings. The molecular formula is C15H18N6O2S. The number of aromatic nitrogens is 5. The van der Waals surface area contributed by atoms with Gasteiger partial charge in [-0.2, -0.15) is 4.52 Å². The fourth-order valence-corrected chi connectivity index (χ4v) is 3.21. The standard InChI is InChI=1S/C15H18N6O2S/c1-4-11(15-17-9(2)10(3)24-15)18-13(22)7-23-14-6-5-12-19-16-8-21(12)20-14/h5-6,8,11H,4,7H2,1-3H3,(H,18,22)/t11-/m1/s1. The van der Waals surface area contributed by atoms with E-state index in [2.05, 4.69) is 25.6 Å². The molecule has 0 saturated heterocycles. The van der Waals surface area contributed by atoms with E-state index in [4.69, 9.17) is 4.74 Å². The van der Waals surface area contributed by atoms with Gasteiger partial charge in [-0.3, -0.25) is 4.79 Å². The Bertz CT molecular complexity index is 839. The maximum absolute atomic E-state index is 12.1. The van der Waals surface area contributed by atoms with Crippen LogP contribution >= 0.6 is 11.3 Å². The predicted molar refractivity (Wildman–Crippen MR) is 89.0 cm³/mol. The van der Waals surface area contributed by atoms with E-state index >= 15 is 0 Å². The highest BCUT2D eigenvalue weighted by molar-refractivity contribution is 7.11. The molecule has 126 valence electrons. The number of amides is 1. The van der Waals surface area contributed by atoms with Crippen molar-refractivity contribution in [3.05, 3.63) is 34.0 Å². The normalized spacial score (nSPS) is 12.3. The molecule has 0 saturated carbocycles. The van der Waals surface area contributed by atoms with E-state index in [9.17, 15) is 4.79 Å². The van der Waals surface area contributed by atoms with Crippen molar-refractivity contribution in [2.75, 3.05) is 6.61 Å². The number of carbonyl (C=O) groups is 1. The van der Waals surface area contributed by atoms with Crippen molar-refractivity contribution in [1.29, 1.82) is 0 Å². The summed E-state index contributed by atoms with van der Waals surface area (Å²) in [5.74, 6) is 0.129. The molecule has 0 aliphatic rings. The first-order valence-corrected chi connectivity index (χ1v) is 8.41. The molecule has 0 aromatic carbocycles. The van der Waals surface area contributed by atoms with Crippen molar-refractivity contribution in [2.24, 2.45) is 0 Å². The summed E-state index contributed by atoms with van der Waals surface area (Å²) in [6, 6.07) is 3.28. The lowest BCUT2D eigenvalue weighted by Gasteiger charge is -2.14. The number of carbonyl (C=O) groups excluding carboxylic acids is 1. The van der Waals surface area contributed by atoms with Crippen molar-refractivity contribution in [1.82, 2.24) is 30.1 Å². The van der Waals surface area contributed by atoms with Gasteiger partial charge >= 0.3 is 0 Å². The van der Waals surface area contributed by atoms with Crippen LogP contribution in [-0.2, 0) is 4.79 Å². The Balaban J connectivity index is 1.59. The quantitative estimate of drug-likeness (QED) is 0.732. The van der Waals surface area contributed by atoms with E-state index in [1.54, 1.807) is 23.5 Å². The average molecular weight is 346 g/mol. The summed E-state index contributed by atoms with van der Waals surface area (Å²) in [5, 5.41) is 15.6. The maximum atomic E-state index is 12.1. The summed E-state index contributed by atoms with van der Waals surface area (Å²) in [6.45, 7) is 5.90. The van der Waals surface area contributed by atoms with Gasteiger partial charge in [0, 0.05) is 10.9 Å². The van der Waals surface area contributed by atoms with Crippen molar-refractivity contribution < 1.29 is 9.53 Å². The van der Waals surface area contributed by atoms with Crippen LogP contribution in [0.1, 0.15) is 35.0 Å². The minimum absolute atomic E-state index is 0.105. The number of fused-ring (bicyclic) bond motifs is 1. The fourth-order valence-electron chi connectivity index (χ4n) is 2.15. The van der Waals surface area contributed by atoms with Gasteiger partial charge < -0.3 is 10.1 Å². The van der Waals surface area contributed by atoms with Crippen LogP contribution in [0, 0.1) is 13.8 Å². The molecule has 1 atom stereocenters. The Labute approximate surface area is 142 Å². The zero-order chi connectivity index (χ0) is 17.1. The van der Waals surface area contributed by atoms with Gasteiger partial charge in [0.05, 0.1) is 11.7 Å². The molecule has 8 nitrogen and oxygen atoms in total. The molecule has 0 radical (unpaired) electrons. The summed E-state index contributed by atoms with van der Waals surface area (Å²) >= 11 is 1.61. The van der Waals surface area contributed by atoms with Crippen molar-refractivity contribution in [3.63, 3.8) is 0 Å². The van der Waals surface area contributed by atoms with Gasteiger partial charge in [-0.1, -0.05) is 6.92 Å². The van der Waals surface area contributed by atoms with E-state index in [1.807, 2.05) is 20.8 Å². The van der Waals surface area contributed by atoms with Crippen LogP contribution in [0.4, 0.5) is 0 Å². The second-order valence-electron chi connectivity index (χ2n) is 5.32. The van der Waals surface area contributed by atoms with Crippen LogP contribution in [0.3, 0.4) is 0 Å². The molecule has 24 heavy (non-hydrogen) atoms. The van der Waals surface area contributed by atoms with Crippen molar-refractivity contribution in [2.45, 2.75) is 33.2 Å². The average Bonchev–Trinajstić information content (AvgIpc) is 3.17. The lowest BCUT2D eigenvalue weighted by atomic mass is 10.2. The van der Waals surface area contributed by atoms with Gasteiger partial charge in [-0.15, -0.1) is 26.6 Å². The number of hydrogen-bond donors (Lipinski definition) is 1. The van der Waals surface area contributed by atoms with E-state index in [1.165, 1.54) is 15.7 Å². The number of thiazole rings is 1. The second-order valence-corrected chi connectivity index (χ2v) is 6.55. The lowest BCUT2D eigenvalue weighted by molar-refractivity contribution is -0.124. The van der Waals surface area contributed by atoms with Gasteiger partial charge in [0.15, 0.2) is 12.3 Å². The molecule has 1 N–H and O–H groups in total. The molecule has 3 heterocycles. The van der Waals surface area contributed by atoms with Gasteiger partial charge in [-0.25, -0.2) is 4.98 Å². The van der Waals surface area contributed by atoms with E-state index in [-0.39, 0.29) is 18.6 Å². The summed E-state index contributed by atoms with van der Waals surface area (Å²) < 4.78 is 6.93. The number of hydrogen-bond acceptors (Lipinski definition) is 7. The molecule has 3 rings (SSSR count). The Morgan fingerprint density at radius 1 is 1.42 bits per heavy atom. The largest absolute Gasteiger partial charge is 0.467 e. The maximum Gasteiger partial charge on any atom is 0.258 e. The van der Waals surface area contributed by atoms with E-state index in [0.717, 1.165) is 17.1 Å². The zero-order valence-electron chi connectivity index (χ0n) is 13.7. The monoisotopic (exact) mass is 346 g/mol. The number of nitrogens with zero attached hydrogens (tertiary/aromatic N) is 5. The van der Waals surface area contributed by atoms with E-state index < -0.39 is 0 Å². The summed E-state index contributed by atoms with van der Waals surface area (Å²) in [4.78, 5) is 17.8. The molecule has 0 aliphatic carbocycles. The minimum atomic E-state index is -0.210. The number of ether oxygens (including phenoxy) is 1. The van der Waals surface area contributed by atoms with Crippen molar-refractivity contribution in [3.8, 4) is 5.88 Å². The first-order valence-electron chi connectivity index (χ1n) is 7.60. The van der Waals surface area contributed by atoms with E-state index in [0.29, 0.717) is 11.5 Å². The van der Waals surface area contributed by atoms with Crippen LogP contribution in [-0.4, -0.2) is 37.3 Å².